The van der Waals surface area contributed by atoms with Crippen molar-refractivity contribution in [1.29, 1.82) is 0 Å². The summed E-state index contributed by atoms with van der Waals surface area (Å²) in [5.74, 6) is 4.78. The molecule has 1 amide bonds. The zero-order valence-electron chi connectivity index (χ0n) is 9.64. The standard InChI is InChI=1S/C8H18N2O2.C2H6/c1-2-3-4-6-10-8(11)5-7-12-9;1-2/h2-7,9H2,1H3,(H,10,11);1-2H3. The van der Waals surface area contributed by atoms with Gasteiger partial charge in [0, 0.05) is 6.54 Å². The van der Waals surface area contributed by atoms with Gasteiger partial charge in [0.05, 0.1) is 13.0 Å². The third kappa shape index (κ3) is 13.9. The van der Waals surface area contributed by atoms with Crippen LogP contribution >= 0.6 is 0 Å². The Hall–Kier alpha value is -0.610. The number of rotatable bonds is 7. The van der Waals surface area contributed by atoms with Crippen molar-refractivity contribution in [2.24, 2.45) is 5.90 Å². The first-order valence-electron chi connectivity index (χ1n) is 5.39. The maximum atomic E-state index is 10.9. The highest BCUT2D eigenvalue weighted by Gasteiger charge is 1.98. The molecular weight excluding hydrogens is 180 g/mol. The van der Waals surface area contributed by atoms with Crippen LogP contribution in [-0.4, -0.2) is 19.1 Å². The van der Waals surface area contributed by atoms with E-state index in [1.165, 1.54) is 6.42 Å². The SMILES string of the molecule is CC.CCCCCNC(=O)CCON. The summed E-state index contributed by atoms with van der Waals surface area (Å²) in [5.41, 5.74) is 0. The Morgan fingerprint density at radius 1 is 1.36 bits per heavy atom. The Balaban J connectivity index is 0. The third-order valence-electron chi connectivity index (χ3n) is 1.55. The molecule has 0 aliphatic carbocycles. The van der Waals surface area contributed by atoms with Crippen LogP contribution in [0, 0.1) is 0 Å². The minimum Gasteiger partial charge on any atom is -0.356 e. The largest absolute Gasteiger partial charge is 0.356 e. The van der Waals surface area contributed by atoms with E-state index in [2.05, 4.69) is 17.1 Å². The van der Waals surface area contributed by atoms with Crippen LogP contribution in [0.2, 0.25) is 0 Å². The van der Waals surface area contributed by atoms with E-state index in [1.807, 2.05) is 13.8 Å². The number of carbonyl (C=O) groups excluding carboxylic acids is 1. The van der Waals surface area contributed by atoms with Gasteiger partial charge >= 0.3 is 0 Å². The summed E-state index contributed by atoms with van der Waals surface area (Å²) in [5, 5.41) is 2.78. The molecule has 0 aromatic heterocycles. The van der Waals surface area contributed by atoms with Crippen molar-refractivity contribution in [2.75, 3.05) is 13.2 Å². The van der Waals surface area contributed by atoms with Gasteiger partial charge in [-0.2, -0.15) is 0 Å². The Morgan fingerprint density at radius 2 is 2.00 bits per heavy atom. The molecule has 0 unspecified atom stereocenters. The van der Waals surface area contributed by atoms with Gasteiger partial charge in [-0.05, 0) is 6.42 Å². The van der Waals surface area contributed by atoms with E-state index in [-0.39, 0.29) is 5.91 Å². The summed E-state index contributed by atoms with van der Waals surface area (Å²) < 4.78 is 0. The Bertz CT molecular complexity index is 119. The van der Waals surface area contributed by atoms with E-state index >= 15 is 0 Å². The van der Waals surface area contributed by atoms with E-state index in [9.17, 15) is 4.79 Å². The van der Waals surface area contributed by atoms with Gasteiger partial charge in [-0.1, -0.05) is 33.6 Å². The summed E-state index contributed by atoms with van der Waals surface area (Å²) in [6.07, 6.45) is 3.73. The number of unbranched alkanes of at least 4 members (excludes halogenated alkanes) is 2. The monoisotopic (exact) mass is 204 g/mol. The fourth-order valence-corrected chi connectivity index (χ4v) is 0.843. The quantitative estimate of drug-likeness (QED) is 0.489. The number of hydrogen-bond donors (Lipinski definition) is 2. The Morgan fingerprint density at radius 3 is 2.50 bits per heavy atom. The highest BCUT2D eigenvalue weighted by molar-refractivity contribution is 5.75. The van der Waals surface area contributed by atoms with E-state index in [0.29, 0.717) is 13.0 Å². The van der Waals surface area contributed by atoms with Gasteiger partial charge in [0.15, 0.2) is 0 Å². The fraction of sp³-hybridized carbons (Fsp3) is 0.900. The van der Waals surface area contributed by atoms with Crippen LogP contribution in [0.15, 0.2) is 0 Å². The van der Waals surface area contributed by atoms with Gasteiger partial charge in [-0.15, -0.1) is 0 Å². The topological polar surface area (TPSA) is 64.3 Å². The highest BCUT2D eigenvalue weighted by Crippen LogP contribution is 1.91. The number of nitrogens with two attached hydrogens (primary N) is 1. The Kier molecular flexibility index (Phi) is 16.9. The maximum absolute atomic E-state index is 10.9. The molecule has 0 spiro atoms. The third-order valence-corrected chi connectivity index (χ3v) is 1.55. The zero-order chi connectivity index (χ0) is 11.2. The van der Waals surface area contributed by atoms with Crippen LogP contribution in [-0.2, 0) is 9.63 Å². The van der Waals surface area contributed by atoms with Gasteiger partial charge in [0.1, 0.15) is 0 Å². The first-order valence-corrected chi connectivity index (χ1v) is 5.39. The molecule has 0 saturated carbocycles. The molecule has 0 heterocycles. The van der Waals surface area contributed by atoms with Crippen molar-refractivity contribution >= 4 is 5.91 Å². The van der Waals surface area contributed by atoms with Gasteiger partial charge in [0.25, 0.3) is 0 Å². The Labute approximate surface area is 87.1 Å². The van der Waals surface area contributed by atoms with Crippen molar-refractivity contribution in [3.8, 4) is 0 Å². The predicted octanol–water partition coefficient (Wildman–Crippen LogP) is 1.60. The van der Waals surface area contributed by atoms with Crippen molar-refractivity contribution in [1.82, 2.24) is 5.32 Å². The summed E-state index contributed by atoms with van der Waals surface area (Å²) in [6, 6.07) is 0. The van der Waals surface area contributed by atoms with E-state index < -0.39 is 0 Å². The van der Waals surface area contributed by atoms with Crippen molar-refractivity contribution in [3.05, 3.63) is 0 Å². The molecule has 0 aliphatic heterocycles. The second kappa shape index (κ2) is 14.9. The van der Waals surface area contributed by atoms with Crippen LogP contribution in [0.3, 0.4) is 0 Å². The molecule has 86 valence electrons. The lowest BCUT2D eigenvalue weighted by Crippen LogP contribution is -2.25. The lowest BCUT2D eigenvalue weighted by atomic mass is 10.2. The molecule has 0 aromatic rings. The molecule has 4 heteroatoms. The normalized spacial score (nSPS) is 8.86. The summed E-state index contributed by atoms with van der Waals surface area (Å²) in [7, 11) is 0. The second-order valence-electron chi connectivity index (χ2n) is 2.68. The maximum Gasteiger partial charge on any atom is 0.222 e. The van der Waals surface area contributed by atoms with Gasteiger partial charge < -0.3 is 10.2 Å². The van der Waals surface area contributed by atoms with Crippen LogP contribution in [0.4, 0.5) is 0 Å². The summed E-state index contributed by atoms with van der Waals surface area (Å²) in [6.45, 7) is 7.18. The molecule has 3 N–H and O–H groups in total. The van der Waals surface area contributed by atoms with Crippen LogP contribution in [0.5, 0.6) is 0 Å². The molecule has 0 rings (SSSR count). The van der Waals surface area contributed by atoms with Crippen molar-refractivity contribution < 1.29 is 9.63 Å². The molecule has 0 aliphatic rings. The molecule has 0 aromatic carbocycles. The minimum absolute atomic E-state index is 0.0107. The molecule has 0 atom stereocenters. The zero-order valence-corrected chi connectivity index (χ0v) is 9.64. The molecule has 0 fully saturated rings. The fourth-order valence-electron chi connectivity index (χ4n) is 0.843. The minimum atomic E-state index is 0.0107. The molecule has 0 radical (unpaired) electrons. The first kappa shape index (κ1) is 15.8. The summed E-state index contributed by atoms with van der Waals surface area (Å²) in [4.78, 5) is 15.2. The number of amides is 1. The lowest BCUT2D eigenvalue weighted by molar-refractivity contribution is -0.122. The van der Waals surface area contributed by atoms with E-state index in [4.69, 9.17) is 5.90 Å². The molecule has 14 heavy (non-hydrogen) atoms. The molecular formula is C10H24N2O2. The predicted molar refractivity (Wildman–Crippen MR) is 58.6 cm³/mol. The number of hydrogen-bond acceptors (Lipinski definition) is 3. The summed E-state index contributed by atoms with van der Waals surface area (Å²) >= 11 is 0. The van der Waals surface area contributed by atoms with Crippen LogP contribution in [0.1, 0.15) is 46.5 Å². The molecule has 0 bridgehead atoms. The van der Waals surface area contributed by atoms with E-state index in [0.717, 1.165) is 19.4 Å². The van der Waals surface area contributed by atoms with Crippen molar-refractivity contribution in [3.63, 3.8) is 0 Å². The molecule has 4 nitrogen and oxygen atoms in total. The van der Waals surface area contributed by atoms with Crippen molar-refractivity contribution in [2.45, 2.75) is 46.5 Å². The van der Waals surface area contributed by atoms with Gasteiger partial charge in [-0.25, -0.2) is 5.90 Å². The van der Waals surface area contributed by atoms with Gasteiger partial charge in [0.2, 0.25) is 5.91 Å². The number of carbonyl (C=O) groups is 1. The smallest absolute Gasteiger partial charge is 0.222 e. The molecule has 0 saturated heterocycles. The van der Waals surface area contributed by atoms with E-state index in [1.54, 1.807) is 0 Å². The second-order valence-corrected chi connectivity index (χ2v) is 2.68. The lowest BCUT2D eigenvalue weighted by Gasteiger charge is -2.02. The first-order chi connectivity index (χ1) is 6.81. The van der Waals surface area contributed by atoms with Crippen LogP contribution in [0.25, 0.3) is 0 Å². The average Bonchev–Trinajstić information content (AvgIpc) is 2.24. The average molecular weight is 204 g/mol. The van der Waals surface area contributed by atoms with Crippen LogP contribution < -0.4 is 11.2 Å². The van der Waals surface area contributed by atoms with Gasteiger partial charge in [-0.3, -0.25) is 4.79 Å². The number of nitrogens with one attached hydrogen (secondary N) is 1. The highest BCUT2D eigenvalue weighted by atomic mass is 16.6.